The number of hydrogen-bond acceptors (Lipinski definition) is 6. The molecule has 8 heteroatoms. The molecule has 0 radical (unpaired) electrons. The average Bonchev–Trinajstić information content (AvgIpc) is 2.93. The molecule has 2 amide bonds. The van der Waals surface area contributed by atoms with Crippen LogP contribution in [0.5, 0.6) is 11.5 Å². The third kappa shape index (κ3) is 5.59. The maximum absolute atomic E-state index is 13.0. The van der Waals surface area contributed by atoms with Gasteiger partial charge in [0.2, 0.25) is 0 Å². The lowest BCUT2D eigenvalue weighted by atomic mass is 10.1. The van der Waals surface area contributed by atoms with E-state index in [4.69, 9.17) is 9.47 Å². The van der Waals surface area contributed by atoms with Gasteiger partial charge >= 0.3 is 0 Å². The molecular weight excluding hydrogens is 456 g/mol. The number of carbonyl (C=O) groups excluding carboxylic acids is 2. The van der Waals surface area contributed by atoms with Gasteiger partial charge in [0, 0.05) is 44.5 Å². The van der Waals surface area contributed by atoms with Gasteiger partial charge in [-0.2, -0.15) is 0 Å². The Hall–Kier alpha value is -4.07. The average molecular weight is 489 g/mol. The summed E-state index contributed by atoms with van der Waals surface area (Å²) in [5, 5.41) is 3.01. The molecule has 1 fully saturated rings. The highest BCUT2D eigenvalue weighted by Gasteiger charge is 2.26. The van der Waals surface area contributed by atoms with Crippen molar-refractivity contribution in [2.45, 2.75) is 13.3 Å². The number of nitrogens with one attached hydrogen (secondary N) is 1. The highest BCUT2D eigenvalue weighted by atomic mass is 16.5. The molecule has 0 bridgehead atoms. The molecule has 2 heterocycles. The molecule has 0 spiro atoms. The standard InChI is InChI=1S/C28H32N4O4/c1-20-7-4-5-8-22(20)28(34)32-17-15-31(16-18-32)26-23(9-6-13-29-26)27(33)30-14-12-21-10-11-24(35-2)25(19-21)36-3/h4-11,13,19H,12,14-18H2,1-3H3,(H,30,33). The number of aryl methyl sites for hydroxylation is 1. The first-order valence-corrected chi connectivity index (χ1v) is 12.1. The van der Waals surface area contributed by atoms with Gasteiger partial charge in [-0.05, 0) is 54.8 Å². The smallest absolute Gasteiger partial charge is 0.255 e. The normalized spacial score (nSPS) is 13.3. The van der Waals surface area contributed by atoms with Crippen molar-refractivity contribution >= 4 is 17.6 Å². The second-order valence-electron chi connectivity index (χ2n) is 8.66. The molecule has 1 aromatic heterocycles. The van der Waals surface area contributed by atoms with Gasteiger partial charge in [0.25, 0.3) is 11.8 Å². The van der Waals surface area contributed by atoms with Gasteiger partial charge in [-0.25, -0.2) is 4.98 Å². The molecule has 8 nitrogen and oxygen atoms in total. The number of anilines is 1. The number of aromatic nitrogens is 1. The van der Waals surface area contributed by atoms with Gasteiger partial charge in [-0.15, -0.1) is 0 Å². The second kappa shape index (κ2) is 11.6. The van der Waals surface area contributed by atoms with Crippen LogP contribution in [0.2, 0.25) is 0 Å². The summed E-state index contributed by atoms with van der Waals surface area (Å²) >= 11 is 0. The van der Waals surface area contributed by atoms with Gasteiger partial charge in [-0.1, -0.05) is 24.3 Å². The first-order chi connectivity index (χ1) is 17.5. The zero-order chi connectivity index (χ0) is 25.5. The minimum absolute atomic E-state index is 0.0434. The fraction of sp³-hybridized carbons (Fsp3) is 0.321. The van der Waals surface area contributed by atoms with Gasteiger partial charge in [-0.3, -0.25) is 9.59 Å². The van der Waals surface area contributed by atoms with E-state index in [1.807, 2.05) is 54.3 Å². The number of piperazine rings is 1. The lowest BCUT2D eigenvalue weighted by Gasteiger charge is -2.36. The number of benzene rings is 2. The van der Waals surface area contributed by atoms with Crippen molar-refractivity contribution in [3.8, 4) is 11.5 Å². The largest absolute Gasteiger partial charge is 0.493 e. The van der Waals surface area contributed by atoms with Crippen LogP contribution in [0.1, 0.15) is 31.8 Å². The van der Waals surface area contributed by atoms with Crippen molar-refractivity contribution in [3.63, 3.8) is 0 Å². The van der Waals surface area contributed by atoms with Crippen molar-refractivity contribution in [2.75, 3.05) is 51.8 Å². The van der Waals surface area contributed by atoms with Crippen molar-refractivity contribution in [1.29, 1.82) is 0 Å². The molecule has 1 aliphatic heterocycles. The minimum atomic E-state index is -0.169. The maximum Gasteiger partial charge on any atom is 0.255 e. The van der Waals surface area contributed by atoms with E-state index in [2.05, 4.69) is 15.2 Å². The molecule has 36 heavy (non-hydrogen) atoms. The fourth-order valence-corrected chi connectivity index (χ4v) is 4.38. The third-order valence-electron chi connectivity index (χ3n) is 6.42. The molecule has 3 aromatic rings. The number of methoxy groups -OCH3 is 2. The Labute approximate surface area is 211 Å². The Kier molecular flexibility index (Phi) is 8.05. The summed E-state index contributed by atoms with van der Waals surface area (Å²) in [6.45, 7) is 4.80. The number of nitrogens with zero attached hydrogens (tertiary/aromatic N) is 3. The Bertz CT molecular complexity index is 1220. The van der Waals surface area contributed by atoms with E-state index < -0.39 is 0 Å². The fourth-order valence-electron chi connectivity index (χ4n) is 4.38. The van der Waals surface area contributed by atoms with Crippen molar-refractivity contribution in [3.05, 3.63) is 83.0 Å². The lowest BCUT2D eigenvalue weighted by Crippen LogP contribution is -2.49. The summed E-state index contributed by atoms with van der Waals surface area (Å²) in [5.74, 6) is 1.85. The molecule has 0 saturated carbocycles. The predicted octanol–water partition coefficient (Wildman–Crippen LogP) is 3.34. The topological polar surface area (TPSA) is 84.0 Å². The maximum atomic E-state index is 13.0. The summed E-state index contributed by atoms with van der Waals surface area (Å²) in [5.41, 5.74) is 3.28. The van der Waals surface area contributed by atoms with Crippen molar-refractivity contribution < 1.29 is 19.1 Å². The predicted molar refractivity (Wildman–Crippen MR) is 139 cm³/mol. The van der Waals surface area contributed by atoms with Crippen LogP contribution in [0.25, 0.3) is 0 Å². The first kappa shape index (κ1) is 25.0. The quantitative estimate of drug-likeness (QED) is 0.524. The summed E-state index contributed by atoms with van der Waals surface area (Å²) in [6, 6.07) is 16.9. The number of carbonyl (C=O) groups is 2. The van der Waals surface area contributed by atoms with Gasteiger partial charge in [0.05, 0.1) is 19.8 Å². The van der Waals surface area contributed by atoms with E-state index in [-0.39, 0.29) is 11.8 Å². The Morgan fingerprint density at radius 1 is 0.917 bits per heavy atom. The Balaban J connectivity index is 1.36. The SMILES string of the molecule is COc1ccc(CCNC(=O)c2cccnc2N2CCN(C(=O)c3ccccc3C)CC2)cc1OC. The highest BCUT2D eigenvalue weighted by Crippen LogP contribution is 2.27. The number of ether oxygens (including phenoxy) is 2. The summed E-state index contributed by atoms with van der Waals surface area (Å²) < 4.78 is 10.6. The molecule has 0 aliphatic carbocycles. The van der Waals surface area contributed by atoms with Crippen LogP contribution < -0.4 is 19.7 Å². The van der Waals surface area contributed by atoms with E-state index in [9.17, 15) is 9.59 Å². The van der Waals surface area contributed by atoms with Crippen molar-refractivity contribution in [1.82, 2.24) is 15.2 Å². The van der Waals surface area contributed by atoms with Gasteiger partial charge < -0.3 is 24.6 Å². The zero-order valence-electron chi connectivity index (χ0n) is 21.0. The molecular formula is C28H32N4O4. The van der Waals surface area contributed by atoms with Crippen LogP contribution in [0, 0.1) is 6.92 Å². The molecule has 4 rings (SSSR count). The molecule has 2 aromatic carbocycles. The molecule has 1 saturated heterocycles. The zero-order valence-corrected chi connectivity index (χ0v) is 21.0. The van der Waals surface area contributed by atoms with Crippen LogP contribution in [-0.2, 0) is 6.42 Å². The number of amides is 2. The molecule has 0 unspecified atom stereocenters. The van der Waals surface area contributed by atoms with E-state index in [1.54, 1.807) is 32.5 Å². The van der Waals surface area contributed by atoms with E-state index in [0.29, 0.717) is 62.0 Å². The monoisotopic (exact) mass is 488 g/mol. The summed E-state index contributed by atoms with van der Waals surface area (Å²) in [7, 11) is 3.21. The van der Waals surface area contributed by atoms with Crippen molar-refractivity contribution in [2.24, 2.45) is 0 Å². The molecule has 1 aliphatic rings. The lowest BCUT2D eigenvalue weighted by molar-refractivity contribution is 0.0745. The summed E-state index contributed by atoms with van der Waals surface area (Å²) in [6.07, 6.45) is 2.35. The highest BCUT2D eigenvalue weighted by molar-refractivity contribution is 5.99. The number of pyridine rings is 1. The van der Waals surface area contributed by atoms with Crippen LogP contribution in [0.15, 0.2) is 60.8 Å². The number of rotatable bonds is 8. The molecule has 0 atom stereocenters. The van der Waals surface area contributed by atoms with Gasteiger partial charge in [0.1, 0.15) is 5.82 Å². The van der Waals surface area contributed by atoms with Crippen LogP contribution in [0.3, 0.4) is 0 Å². The van der Waals surface area contributed by atoms with E-state index in [0.717, 1.165) is 16.7 Å². The van der Waals surface area contributed by atoms with Crippen LogP contribution in [-0.4, -0.2) is 68.6 Å². The Morgan fingerprint density at radius 2 is 1.64 bits per heavy atom. The first-order valence-electron chi connectivity index (χ1n) is 12.1. The summed E-state index contributed by atoms with van der Waals surface area (Å²) in [4.78, 5) is 34.4. The Morgan fingerprint density at radius 3 is 2.36 bits per heavy atom. The van der Waals surface area contributed by atoms with E-state index >= 15 is 0 Å². The second-order valence-corrected chi connectivity index (χ2v) is 8.66. The molecule has 1 N–H and O–H groups in total. The third-order valence-corrected chi connectivity index (χ3v) is 6.42. The number of hydrogen-bond donors (Lipinski definition) is 1. The van der Waals surface area contributed by atoms with E-state index in [1.165, 1.54) is 0 Å². The minimum Gasteiger partial charge on any atom is -0.493 e. The van der Waals surface area contributed by atoms with Crippen LogP contribution >= 0.6 is 0 Å². The van der Waals surface area contributed by atoms with Crippen LogP contribution in [0.4, 0.5) is 5.82 Å². The molecule has 188 valence electrons. The van der Waals surface area contributed by atoms with Gasteiger partial charge in [0.15, 0.2) is 11.5 Å².